The minimum absolute atomic E-state index is 0.0269. The molecule has 5 heteroatoms. The van der Waals surface area contributed by atoms with Crippen molar-refractivity contribution >= 4 is 0 Å². The first-order valence-electron chi connectivity index (χ1n) is 5.11. The number of nitrogens with zero attached hydrogens (tertiary/aromatic N) is 3. The van der Waals surface area contributed by atoms with Gasteiger partial charge in [0, 0.05) is 25.7 Å². The van der Waals surface area contributed by atoms with Gasteiger partial charge in [-0.1, -0.05) is 5.21 Å². The minimum atomic E-state index is -0.139. The summed E-state index contributed by atoms with van der Waals surface area (Å²) in [6.07, 6.45) is 2.57. The van der Waals surface area contributed by atoms with Crippen molar-refractivity contribution in [1.82, 2.24) is 15.0 Å². The largest absolute Gasteiger partial charge is 0.374 e. The van der Waals surface area contributed by atoms with E-state index in [2.05, 4.69) is 10.3 Å². The number of hydrogen-bond acceptors (Lipinski definition) is 4. The third-order valence-electron chi connectivity index (χ3n) is 1.85. The number of nitrogens with two attached hydrogens (primary N) is 1. The van der Waals surface area contributed by atoms with Crippen LogP contribution < -0.4 is 5.73 Å². The Morgan fingerprint density at radius 2 is 2.20 bits per heavy atom. The summed E-state index contributed by atoms with van der Waals surface area (Å²) in [7, 11) is 1.84. The molecule has 0 amide bonds. The van der Waals surface area contributed by atoms with E-state index in [1.165, 1.54) is 0 Å². The van der Waals surface area contributed by atoms with Gasteiger partial charge in [0.25, 0.3) is 0 Å². The smallest absolute Gasteiger partial charge is 0.0843 e. The number of rotatable bonds is 4. The Kier molecular flexibility index (Phi) is 3.82. The van der Waals surface area contributed by atoms with Gasteiger partial charge >= 0.3 is 0 Å². The highest BCUT2D eigenvalue weighted by atomic mass is 16.5. The van der Waals surface area contributed by atoms with Crippen molar-refractivity contribution in [2.75, 3.05) is 6.61 Å². The quantitative estimate of drug-likeness (QED) is 0.789. The molecule has 0 aromatic carbocycles. The maximum atomic E-state index is 5.92. The van der Waals surface area contributed by atoms with E-state index in [9.17, 15) is 0 Å². The molecule has 86 valence electrons. The van der Waals surface area contributed by atoms with E-state index in [4.69, 9.17) is 10.5 Å². The van der Waals surface area contributed by atoms with Gasteiger partial charge in [-0.25, -0.2) is 0 Å². The first-order valence-corrected chi connectivity index (χ1v) is 5.11. The molecule has 0 spiro atoms. The molecule has 5 nitrogen and oxygen atoms in total. The summed E-state index contributed by atoms with van der Waals surface area (Å²) < 4.78 is 7.26. The summed E-state index contributed by atoms with van der Waals surface area (Å²) in [5.74, 6) is 0. The van der Waals surface area contributed by atoms with E-state index in [1.54, 1.807) is 4.68 Å². The van der Waals surface area contributed by atoms with E-state index >= 15 is 0 Å². The Bertz CT molecular complexity index is 303. The van der Waals surface area contributed by atoms with Crippen molar-refractivity contribution in [3.63, 3.8) is 0 Å². The van der Waals surface area contributed by atoms with Crippen LogP contribution in [0.15, 0.2) is 6.20 Å². The molecule has 0 saturated heterocycles. The fourth-order valence-corrected chi connectivity index (χ4v) is 1.17. The molecular weight excluding hydrogens is 192 g/mol. The van der Waals surface area contributed by atoms with Gasteiger partial charge in [0.2, 0.25) is 0 Å². The molecule has 0 aliphatic rings. The molecule has 0 fully saturated rings. The van der Waals surface area contributed by atoms with Gasteiger partial charge in [0.15, 0.2) is 0 Å². The van der Waals surface area contributed by atoms with Crippen LogP contribution in [0.2, 0.25) is 0 Å². The van der Waals surface area contributed by atoms with Crippen LogP contribution in [0.1, 0.15) is 26.5 Å². The van der Waals surface area contributed by atoms with E-state index in [0.717, 1.165) is 5.69 Å². The lowest BCUT2D eigenvalue weighted by Gasteiger charge is -2.22. The van der Waals surface area contributed by atoms with Crippen LogP contribution in [-0.2, 0) is 18.2 Å². The van der Waals surface area contributed by atoms with Crippen LogP contribution in [0.5, 0.6) is 0 Å². The van der Waals surface area contributed by atoms with Gasteiger partial charge in [-0.2, -0.15) is 0 Å². The highest BCUT2D eigenvalue weighted by Crippen LogP contribution is 2.07. The first-order chi connectivity index (χ1) is 6.87. The van der Waals surface area contributed by atoms with Crippen molar-refractivity contribution in [2.24, 2.45) is 12.8 Å². The van der Waals surface area contributed by atoms with Gasteiger partial charge < -0.3 is 10.5 Å². The Balaban J connectivity index is 2.33. The molecule has 1 heterocycles. The zero-order chi connectivity index (χ0) is 11.5. The molecule has 1 aromatic rings. The van der Waals surface area contributed by atoms with E-state index in [0.29, 0.717) is 13.0 Å². The molecule has 1 aromatic heterocycles. The van der Waals surface area contributed by atoms with Crippen molar-refractivity contribution in [3.8, 4) is 0 Å². The molecule has 0 radical (unpaired) electrons. The molecule has 0 saturated carbocycles. The van der Waals surface area contributed by atoms with Gasteiger partial charge in [-0.15, -0.1) is 5.10 Å². The molecule has 15 heavy (non-hydrogen) atoms. The molecule has 1 unspecified atom stereocenters. The van der Waals surface area contributed by atoms with Gasteiger partial charge in [-0.3, -0.25) is 4.68 Å². The third-order valence-corrected chi connectivity index (χ3v) is 1.85. The van der Waals surface area contributed by atoms with Gasteiger partial charge in [0.05, 0.1) is 17.9 Å². The van der Waals surface area contributed by atoms with Crippen molar-refractivity contribution < 1.29 is 4.74 Å². The molecule has 0 bridgehead atoms. The Morgan fingerprint density at radius 1 is 1.53 bits per heavy atom. The third kappa shape index (κ3) is 4.90. The highest BCUT2D eigenvalue weighted by molar-refractivity contribution is 4.95. The first kappa shape index (κ1) is 12.1. The summed E-state index contributed by atoms with van der Waals surface area (Å²) in [6.45, 7) is 6.59. The van der Waals surface area contributed by atoms with Crippen LogP contribution >= 0.6 is 0 Å². The average Bonchev–Trinajstić information content (AvgIpc) is 2.47. The van der Waals surface area contributed by atoms with Crippen LogP contribution in [-0.4, -0.2) is 33.2 Å². The Morgan fingerprint density at radius 3 is 2.67 bits per heavy atom. The van der Waals surface area contributed by atoms with Crippen molar-refractivity contribution in [3.05, 3.63) is 11.9 Å². The monoisotopic (exact) mass is 212 g/mol. The maximum Gasteiger partial charge on any atom is 0.0843 e. The summed E-state index contributed by atoms with van der Waals surface area (Å²) >= 11 is 0. The van der Waals surface area contributed by atoms with E-state index in [-0.39, 0.29) is 11.6 Å². The summed E-state index contributed by atoms with van der Waals surface area (Å²) in [4.78, 5) is 0. The zero-order valence-electron chi connectivity index (χ0n) is 9.90. The molecular formula is C10H20N4O. The van der Waals surface area contributed by atoms with Crippen LogP contribution in [0, 0.1) is 0 Å². The lowest BCUT2D eigenvalue weighted by Crippen LogP contribution is -2.33. The minimum Gasteiger partial charge on any atom is -0.374 e. The number of hydrogen-bond donors (Lipinski definition) is 1. The Hall–Kier alpha value is -0.940. The van der Waals surface area contributed by atoms with Crippen molar-refractivity contribution in [1.29, 1.82) is 0 Å². The fraction of sp³-hybridized carbons (Fsp3) is 0.800. The normalized spacial score (nSPS) is 14.2. The summed E-state index contributed by atoms with van der Waals surface area (Å²) in [5.41, 5.74) is 6.69. The molecule has 0 aliphatic heterocycles. The lowest BCUT2D eigenvalue weighted by molar-refractivity contribution is -0.00992. The summed E-state index contributed by atoms with van der Waals surface area (Å²) in [5, 5.41) is 7.83. The van der Waals surface area contributed by atoms with Crippen LogP contribution in [0.25, 0.3) is 0 Å². The highest BCUT2D eigenvalue weighted by Gasteiger charge is 2.14. The van der Waals surface area contributed by atoms with E-state index < -0.39 is 0 Å². The maximum absolute atomic E-state index is 5.92. The van der Waals surface area contributed by atoms with Crippen molar-refractivity contribution in [2.45, 2.75) is 38.8 Å². The predicted molar refractivity (Wildman–Crippen MR) is 58.4 cm³/mol. The van der Waals surface area contributed by atoms with Gasteiger partial charge in [-0.05, 0) is 20.8 Å². The zero-order valence-corrected chi connectivity index (χ0v) is 9.90. The number of aromatic nitrogens is 3. The molecule has 1 atom stereocenters. The molecule has 0 aliphatic carbocycles. The molecule has 2 N–H and O–H groups in total. The SMILES string of the molecule is Cn1cc(CC(N)COC(C)(C)C)nn1. The molecule has 1 rings (SSSR count). The average molecular weight is 212 g/mol. The lowest BCUT2D eigenvalue weighted by atomic mass is 10.1. The second-order valence-electron chi connectivity index (χ2n) is 4.77. The Labute approximate surface area is 90.6 Å². The van der Waals surface area contributed by atoms with E-state index in [1.807, 2.05) is 34.0 Å². The fourth-order valence-electron chi connectivity index (χ4n) is 1.17. The second-order valence-corrected chi connectivity index (χ2v) is 4.77. The summed E-state index contributed by atoms with van der Waals surface area (Å²) in [6, 6.07) is -0.0269. The number of ether oxygens (including phenoxy) is 1. The predicted octanol–water partition coefficient (Wildman–Crippen LogP) is 0.500. The van der Waals surface area contributed by atoms with Crippen LogP contribution in [0.3, 0.4) is 0 Å². The van der Waals surface area contributed by atoms with Crippen LogP contribution in [0.4, 0.5) is 0 Å². The topological polar surface area (TPSA) is 66.0 Å². The second kappa shape index (κ2) is 4.72. The van der Waals surface area contributed by atoms with Gasteiger partial charge in [0.1, 0.15) is 0 Å². The number of aryl methyl sites for hydroxylation is 1. The standard InChI is InChI=1S/C10H20N4O/c1-10(2,3)15-7-8(11)5-9-6-14(4)13-12-9/h6,8H,5,7,11H2,1-4H3.